The van der Waals surface area contributed by atoms with Crippen LogP contribution in [0.2, 0.25) is 0 Å². The smallest absolute Gasteiger partial charge is 0.268 e. The zero-order valence-electron chi connectivity index (χ0n) is 14.8. The van der Waals surface area contributed by atoms with Crippen molar-refractivity contribution in [2.24, 2.45) is 0 Å². The largest absolute Gasteiger partial charge is 0.271 e. The minimum absolute atomic E-state index is 0.0680. The molecular formula is C22H19NO3S. The Morgan fingerprint density at radius 2 is 1.37 bits per heavy atom. The molecule has 3 rings (SSSR count). The van der Waals surface area contributed by atoms with Gasteiger partial charge in [0.25, 0.3) is 15.9 Å². The summed E-state index contributed by atoms with van der Waals surface area (Å²) in [6.45, 7) is 1.87. The van der Waals surface area contributed by atoms with Crippen molar-refractivity contribution < 1.29 is 13.2 Å². The van der Waals surface area contributed by atoms with E-state index in [9.17, 15) is 13.2 Å². The molecule has 0 aromatic heterocycles. The summed E-state index contributed by atoms with van der Waals surface area (Å²) in [6.07, 6.45) is 2.87. The van der Waals surface area contributed by atoms with E-state index in [-0.39, 0.29) is 4.90 Å². The number of carbonyl (C=O) groups is 1. The van der Waals surface area contributed by atoms with Gasteiger partial charge in [-0.2, -0.15) is 4.31 Å². The van der Waals surface area contributed by atoms with Gasteiger partial charge in [0.2, 0.25) is 0 Å². The Kier molecular flexibility index (Phi) is 5.52. The maximum atomic E-state index is 13.2. The van der Waals surface area contributed by atoms with Crippen molar-refractivity contribution in [3.05, 3.63) is 102 Å². The number of hydrogen-bond acceptors (Lipinski definition) is 3. The van der Waals surface area contributed by atoms with Crippen LogP contribution in [-0.2, 0) is 14.8 Å². The molecule has 0 spiro atoms. The molecule has 1 amide bonds. The molecule has 0 radical (unpaired) electrons. The average molecular weight is 377 g/mol. The highest BCUT2D eigenvalue weighted by atomic mass is 32.2. The first kappa shape index (κ1) is 18.6. The number of nitrogens with zero attached hydrogens (tertiary/aromatic N) is 1. The molecule has 0 saturated carbocycles. The van der Waals surface area contributed by atoms with Gasteiger partial charge in [-0.3, -0.25) is 4.79 Å². The van der Waals surface area contributed by atoms with E-state index in [1.165, 1.54) is 18.2 Å². The van der Waals surface area contributed by atoms with Gasteiger partial charge in [-0.05, 0) is 42.8 Å². The first-order chi connectivity index (χ1) is 13.0. The third-order valence-electron chi connectivity index (χ3n) is 3.97. The number of carbonyl (C=O) groups excluding carboxylic acids is 1. The quantitative estimate of drug-likeness (QED) is 0.618. The van der Waals surface area contributed by atoms with Crippen LogP contribution in [0.5, 0.6) is 0 Å². The number of aryl methyl sites for hydroxylation is 1. The molecule has 0 N–H and O–H groups in total. The Balaban J connectivity index is 2.02. The minimum atomic E-state index is -4.04. The van der Waals surface area contributed by atoms with E-state index in [1.807, 2.05) is 37.3 Å². The number of amides is 1. The summed E-state index contributed by atoms with van der Waals surface area (Å²) >= 11 is 0. The summed E-state index contributed by atoms with van der Waals surface area (Å²) < 4.78 is 27.2. The van der Waals surface area contributed by atoms with Crippen LogP contribution in [0.3, 0.4) is 0 Å². The van der Waals surface area contributed by atoms with Gasteiger partial charge in [0.15, 0.2) is 0 Å². The number of benzene rings is 3. The Bertz CT molecular complexity index is 1040. The Labute approximate surface area is 159 Å². The molecule has 0 atom stereocenters. The number of para-hydroxylation sites is 1. The molecule has 0 unspecified atom stereocenters. The summed E-state index contributed by atoms with van der Waals surface area (Å²) in [7, 11) is -4.04. The van der Waals surface area contributed by atoms with E-state index in [1.54, 1.807) is 48.5 Å². The van der Waals surface area contributed by atoms with Gasteiger partial charge in [0, 0.05) is 6.08 Å². The van der Waals surface area contributed by atoms with Crippen molar-refractivity contribution in [1.29, 1.82) is 0 Å². The monoisotopic (exact) mass is 377 g/mol. The Hall–Kier alpha value is -3.18. The second kappa shape index (κ2) is 8.01. The molecule has 0 aliphatic heterocycles. The van der Waals surface area contributed by atoms with E-state index in [2.05, 4.69) is 0 Å². The molecule has 0 heterocycles. The van der Waals surface area contributed by atoms with Crippen molar-refractivity contribution in [3.8, 4) is 0 Å². The first-order valence-corrected chi connectivity index (χ1v) is 9.86. The highest BCUT2D eigenvalue weighted by Gasteiger charge is 2.29. The van der Waals surface area contributed by atoms with E-state index < -0.39 is 15.9 Å². The third-order valence-corrected chi connectivity index (χ3v) is 5.71. The zero-order chi connectivity index (χ0) is 19.3. The third kappa shape index (κ3) is 4.33. The van der Waals surface area contributed by atoms with E-state index >= 15 is 0 Å². The molecule has 0 aliphatic rings. The van der Waals surface area contributed by atoms with Crippen molar-refractivity contribution in [1.82, 2.24) is 0 Å². The number of anilines is 1. The lowest BCUT2D eigenvalue weighted by Gasteiger charge is -2.21. The standard InChI is InChI=1S/C22H19NO3S/c1-18-12-15-21(16-13-18)27(25,26)23(20-10-6-3-7-11-20)22(24)17-14-19-8-4-2-5-9-19/h2-17H,1H3/b17-14+. The first-order valence-electron chi connectivity index (χ1n) is 8.42. The molecule has 5 heteroatoms. The van der Waals surface area contributed by atoms with Crippen LogP contribution in [0.1, 0.15) is 11.1 Å². The van der Waals surface area contributed by atoms with E-state index in [0.717, 1.165) is 15.4 Å². The fraction of sp³-hybridized carbons (Fsp3) is 0.0455. The van der Waals surface area contributed by atoms with Gasteiger partial charge >= 0.3 is 0 Å². The van der Waals surface area contributed by atoms with Crippen molar-refractivity contribution >= 4 is 27.7 Å². The Morgan fingerprint density at radius 3 is 1.96 bits per heavy atom. The van der Waals surface area contributed by atoms with E-state index in [0.29, 0.717) is 5.69 Å². The van der Waals surface area contributed by atoms with Gasteiger partial charge < -0.3 is 0 Å². The lowest BCUT2D eigenvalue weighted by atomic mass is 10.2. The van der Waals surface area contributed by atoms with Crippen molar-refractivity contribution in [2.75, 3.05) is 4.31 Å². The van der Waals surface area contributed by atoms with Gasteiger partial charge in [0.05, 0.1) is 10.6 Å². The van der Waals surface area contributed by atoms with Crippen LogP contribution in [0.25, 0.3) is 6.08 Å². The van der Waals surface area contributed by atoms with Crippen molar-refractivity contribution in [2.45, 2.75) is 11.8 Å². The van der Waals surface area contributed by atoms with Crippen LogP contribution < -0.4 is 4.31 Å². The maximum absolute atomic E-state index is 13.2. The van der Waals surface area contributed by atoms with Crippen molar-refractivity contribution in [3.63, 3.8) is 0 Å². The molecule has 0 fully saturated rings. The fourth-order valence-corrected chi connectivity index (χ4v) is 3.95. The molecule has 0 aliphatic carbocycles. The van der Waals surface area contributed by atoms with Crippen LogP contribution in [0.4, 0.5) is 5.69 Å². The topological polar surface area (TPSA) is 54.5 Å². The van der Waals surface area contributed by atoms with Crippen LogP contribution in [0.15, 0.2) is 95.9 Å². The summed E-state index contributed by atoms with van der Waals surface area (Å²) in [6, 6.07) is 24.0. The normalized spacial score (nSPS) is 11.4. The second-order valence-electron chi connectivity index (χ2n) is 6.00. The van der Waals surface area contributed by atoms with E-state index in [4.69, 9.17) is 0 Å². The summed E-state index contributed by atoms with van der Waals surface area (Å²) in [5.41, 5.74) is 2.04. The van der Waals surface area contributed by atoms with Gasteiger partial charge in [-0.25, -0.2) is 8.42 Å². The lowest BCUT2D eigenvalue weighted by Crippen LogP contribution is -2.35. The molecule has 27 heavy (non-hydrogen) atoms. The maximum Gasteiger partial charge on any atom is 0.271 e. The van der Waals surface area contributed by atoms with Gasteiger partial charge in [-0.1, -0.05) is 66.2 Å². The number of sulfonamides is 1. The van der Waals surface area contributed by atoms with Crippen LogP contribution >= 0.6 is 0 Å². The molecule has 0 bridgehead atoms. The SMILES string of the molecule is Cc1ccc(S(=O)(=O)N(C(=O)/C=C/c2ccccc2)c2ccccc2)cc1. The number of rotatable bonds is 5. The minimum Gasteiger partial charge on any atom is -0.268 e. The van der Waals surface area contributed by atoms with Crippen LogP contribution in [0, 0.1) is 6.92 Å². The predicted octanol–water partition coefficient (Wildman–Crippen LogP) is 4.43. The summed E-state index contributed by atoms with van der Waals surface area (Å²) in [5, 5.41) is 0. The predicted molar refractivity (Wildman–Crippen MR) is 108 cm³/mol. The molecule has 136 valence electrons. The molecule has 0 saturated heterocycles. The Morgan fingerprint density at radius 1 is 0.815 bits per heavy atom. The second-order valence-corrected chi connectivity index (χ2v) is 7.79. The summed E-state index contributed by atoms with van der Waals surface area (Å²) in [5.74, 6) is -0.634. The fourth-order valence-electron chi connectivity index (χ4n) is 2.56. The molecule has 3 aromatic carbocycles. The number of hydrogen-bond donors (Lipinski definition) is 0. The highest BCUT2D eigenvalue weighted by molar-refractivity contribution is 7.93. The zero-order valence-corrected chi connectivity index (χ0v) is 15.6. The van der Waals surface area contributed by atoms with Crippen LogP contribution in [-0.4, -0.2) is 14.3 Å². The average Bonchev–Trinajstić information content (AvgIpc) is 2.68. The van der Waals surface area contributed by atoms with Gasteiger partial charge in [-0.15, -0.1) is 0 Å². The molecular weight excluding hydrogens is 358 g/mol. The highest BCUT2D eigenvalue weighted by Crippen LogP contribution is 2.24. The summed E-state index contributed by atoms with van der Waals surface area (Å²) in [4.78, 5) is 12.9. The lowest BCUT2D eigenvalue weighted by molar-refractivity contribution is -0.113. The molecule has 3 aromatic rings. The van der Waals surface area contributed by atoms with Gasteiger partial charge in [0.1, 0.15) is 0 Å². The molecule has 4 nitrogen and oxygen atoms in total.